The van der Waals surface area contributed by atoms with Gasteiger partial charge in [0.15, 0.2) is 0 Å². The largest absolute Gasteiger partial charge is 0.409 e. The number of aromatic nitrogens is 2. The summed E-state index contributed by atoms with van der Waals surface area (Å²) < 4.78 is 1.97. The molecule has 2 rings (SSSR count). The second-order valence-corrected chi connectivity index (χ2v) is 3.79. The van der Waals surface area contributed by atoms with Crippen molar-refractivity contribution < 1.29 is 5.21 Å². The average Bonchev–Trinajstić information content (AvgIpc) is 2.77. The van der Waals surface area contributed by atoms with Gasteiger partial charge in [0.2, 0.25) is 0 Å². The van der Waals surface area contributed by atoms with Gasteiger partial charge in [-0.3, -0.25) is 0 Å². The Bertz CT molecular complexity index is 504. The normalized spacial score (nSPS) is 11.6. The number of imidazole rings is 1. The Morgan fingerprint density at radius 2 is 2.12 bits per heavy atom. The van der Waals surface area contributed by atoms with E-state index in [0.717, 1.165) is 12.2 Å². The summed E-state index contributed by atoms with van der Waals surface area (Å²) in [5, 5.41) is 11.4. The van der Waals surface area contributed by atoms with Gasteiger partial charge in [0.05, 0.1) is 18.4 Å². The van der Waals surface area contributed by atoms with Crippen molar-refractivity contribution in [1.29, 1.82) is 0 Å². The Morgan fingerprint density at radius 1 is 1.35 bits per heavy atom. The molecule has 1 aromatic heterocycles. The molecule has 1 heterocycles. The van der Waals surface area contributed by atoms with E-state index >= 15 is 0 Å². The van der Waals surface area contributed by atoms with Crippen LogP contribution >= 0.6 is 0 Å². The van der Waals surface area contributed by atoms with E-state index in [9.17, 15) is 0 Å². The summed E-state index contributed by atoms with van der Waals surface area (Å²) in [7, 11) is 0. The van der Waals surface area contributed by atoms with Gasteiger partial charge in [0.1, 0.15) is 5.84 Å². The number of amidine groups is 1. The first-order chi connectivity index (χ1) is 8.28. The number of benzene rings is 1. The number of hydrogen-bond acceptors (Lipinski definition) is 3. The molecule has 0 bridgehead atoms. The molecule has 1 aromatic carbocycles. The van der Waals surface area contributed by atoms with E-state index in [2.05, 4.69) is 22.3 Å². The van der Waals surface area contributed by atoms with Crippen LogP contribution in [0.1, 0.15) is 11.3 Å². The third-order valence-electron chi connectivity index (χ3n) is 2.39. The SMILES string of the molecule is N/C(Cc1cn(Cc2ccccc2)cn1)=N\O. The van der Waals surface area contributed by atoms with Gasteiger partial charge in [-0.05, 0) is 5.56 Å². The average molecular weight is 230 g/mol. The zero-order chi connectivity index (χ0) is 12.1. The summed E-state index contributed by atoms with van der Waals surface area (Å²) >= 11 is 0. The molecule has 0 saturated heterocycles. The number of nitrogens with zero attached hydrogens (tertiary/aromatic N) is 3. The summed E-state index contributed by atoms with van der Waals surface area (Å²) in [6, 6.07) is 10.1. The van der Waals surface area contributed by atoms with E-state index in [1.165, 1.54) is 5.56 Å². The minimum Gasteiger partial charge on any atom is -0.409 e. The Morgan fingerprint density at radius 3 is 2.82 bits per heavy atom. The highest BCUT2D eigenvalue weighted by Crippen LogP contribution is 2.04. The first kappa shape index (κ1) is 11.2. The molecule has 0 radical (unpaired) electrons. The minimum atomic E-state index is 0.162. The number of nitrogens with two attached hydrogens (primary N) is 1. The molecule has 0 atom stereocenters. The Labute approximate surface area is 99.2 Å². The molecule has 3 N–H and O–H groups in total. The quantitative estimate of drug-likeness (QED) is 0.359. The van der Waals surface area contributed by atoms with Crippen molar-refractivity contribution in [3.05, 3.63) is 54.1 Å². The highest BCUT2D eigenvalue weighted by atomic mass is 16.4. The zero-order valence-corrected chi connectivity index (χ0v) is 9.32. The molecule has 0 aliphatic carbocycles. The molecule has 17 heavy (non-hydrogen) atoms. The van der Waals surface area contributed by atoms with E-state index in [1.54, 1.807) is 6.33 Å². The maximum atomic E-state index is 8.47. The van der Waals surface area contributed by atoms with E-state index in [4.69, 9.17) is 10.9 Å². The maximum Gasteiger partial charge on any atom is 0.145 e. The Balaban J connectivity index is 2.04. The first-order valence-corrected chi connectivity index (χ1v) is 5.29. The van der Waals surface area contributed by atoms with Crippen LogP contribution in [0.25, 0.3) is 0 Å². The van der Waals surface area contributed by atoms with Crippen LogP contribution in [-0.4, -0.2) is 20.6 Å². The van der Waals surface area contributed by atoms with Gasteiger partial charge >= 0.3 is 0 Å². The minimum absolute atomic E-state index is 0.162. The number of oxime groups is 1. The predicted octanol–water partition coefficient (Wildman–Crippen LogP) is 1.22. The van der Waals surface area contributed by atoms with Crippen LogP contribution in [0, 0.1) is 0 Å². The van der Waals surface area contributed by atoms with Crippen molar-refractivity contribution >= 4 is 5.84 Å². The lowest BCUT2D eigenvalue weighted by Crippen LogP contribution is -2.14. The van der Waals surface area contributed by atoms with Crippen molar-refractivity contribution in [2.24, 2.45) is 10.9 Å². The Hall–Kier alpha value is -2.30. The summed E-state index contributed by atoms with van der Waals surface area (Å²) in [4.78, 5) is 4.19. The lowest BCUT2D eigenvalue weighted by molar-refractivity contribution is 0.317. The van der Waals surface area contributed by atoms with Gasteiger partial charge in [0, 0.05) is 12.7 Å². The van der Waals surface area contributed by atoms with Crippen molar-refractivity contribution in [3.63, 3.8) is 0 Å². The van der Waals surface area contributed by atoms with Gasteiger partial charge < -0.3 is 15.5 Å². The molecule has 0 amide bonds. The van der Waals surface area contributed by atoms with Crippen LogP contribution in [0.2, 0.25) is 0 Å². The second kappa shape index (κ2) is 5.16. The molecule has 0 aliphatic rings. The predicted molar refractivity (Wildman–Crippen MR) is 64.9 cm³/mol. The molecule has 0 unspecified atom stereocenters. The fraction of sp³-hybridized carbons (Fsp3) is 0.167. The fourth-order valence-corrected chi connectivity index (χ4v) is 1.60. The lowest BCUT2D eigenvalue weighted by Gasteiger charge is -2.01. The van der Waals surface area contributed by atoms with Gasteiger partial charge in [-0.25, -0.2) is 4.98 Å². The fourth-order valence-electron chi connectivity index (χ4n) is 1.60. The summed E-state index contributed by atoms with van der Waals surface area (Å²) in [6.07, 6.45) is 4.00. The van der Waals surface area contributed by atoms with Crippen LogP contribution in [0.5, 0.6) is 0 Å². The molecule has 0 aliphatic heterocycles. The van der Waals surface area contributed by atoms with Crippen molar-refractivity contribution in [3.8, 4) is 0 Å². The maximum absolute atomic E-state index is 8.47. The van der Waals surface area contributed by atoms with E-state index < -0.39 is 0 Å². The van der Waals surface area contributed by atoms with Crippen LogP contribution < -0.4 is 5.73 Å². The van der Waals surface area contributed by atoms with Crippen molar-refractivity contribution in [1.82, 2.24) is 9.55 Å². The van der Waals surface area contributed by atoms with Gasteiger partial charge in [-0.1, -0.05) is 35.5 Å². The third-order valence-corrected chi connectivity index (χ3v) is 2.39. The van der Waals surface area contributed by atoms with Crippen LogP contribution in [0.3, 0.4) is 0 Å². The Kier molecular flexibility index (Phi) is 3.40. The molecule has 5 heteroatoms. The van der Waals surface area contributed by atoms with Crippen LogP contribution in [0.15, 0.2) is 48.0 Å². The standard InChI is InChI=1S/C12H14N4O/c13-12(15-17)6-11-8-16(9-14-11)7-10-4-2-1-3-5-10/h1-5,8-9,17H,6-7H2,(H2,13,15). The molecule has 2 aromatic rings. The van der Waals surface area contributed by atoms with E-state index in [0.29, 0.717) is 6.42 Å². The van der Waals surface area contributed by atoms with Crippen molar-refractivity contribution in [2.75, 3.05) is 0 Å². The van der Waals surface area contributed by atoms with Crippen molar-refractivity contribution in [2.45, 2.75) is 13.0 Å². The first-order valence-electron chi connectivity index (χ1n) is 5.29. The van der Waals surface area contributed by atoms with Gasteiger partial charge in [0.25, 0.3) is 0 Å². The van der Waals surface area contributed by atoms with Gasteiger partial charge in [-0.2, -0.15) is 0 Å². The number of hydrogen-bond donors (Lipinski definition) is 2. The topological polar surface area (TPSA) is 76.4 Å². The smallest absolute Gasteiger partial charge is 0.145 e. The van der Waals surface area contributed by atoms with E-state index in [-0.39, 0.29) is 5.84 Å². The molecule has 5 nitrogen and oxygen atoms in total. The molecule has 0 spiro atoms. The summed E-state index contributed by atoms with van der Waals surface area (Å²) in [5.74, 6) is 0.162. The third kappa shape index (κ3) is 3.07. The zero-order valence-electron chi connectivity index (χ0n) is 9.32. The highest BCUT2D eigenvalue weighted by molar-refractivity contribution is 5.81. The molecular formula is C12H14N4O. The van der Waals surface area contributed by atoms with Gasteiger partial charge in [-0.15, -0.1) is 0 Å². The lowest BCUT2D eigenvalue weighted by atomic mass is 10.2. The molecule has 0 fully saturated rings. The molecule has 0 saturated carbocycles. The van der Waals surface area contributed by atoms with Crippen LogP contribution in [-0.2, 0) is 13.0 Å². The monoisotopic (exact) mass is 230 g/mol. The summed E-state index contributed by atoms with van der Waals surface area (Å²) in [6.45, 7) is 0.768. The molecule has 88 valence electrons. The second-order valence-electron chi connectivity index (χ2n) is 3.79. The number of rotatable bonds is 4. The highest BCUT2D eigenvalue weighted by Gasteiger charge is 2.02. The summed E-state index contributed by atoms with van der Waals surface area (Å²) in [5.41, 5.74) is 7.41. The van der Waals surface area contributed by atoms with E-state index in [1.807, 2.05) is 29.0 Å². The van der Waals surface area contributed by atoms with Crippen LogP contribution in [0.4, 0.5) is 0 Å². The molecular weight excluding hydrogens is 216 g/mol.